The Balaban J connectivity index is 1.47. The number of methoxy groups -OCH3 is 1. The van der Waals surface area contributed by atoms with Gasteiger partial charge in [-0.1, -0.05) is 71.6 Å². The molecule has 170 valence electrons. The first kappa shape index (κ1) is 21.8. The summed E-state index contributed by atoms with van der Waals surface area (Å²) in [7, 11) is 1.64. The molecule has 5 rings (SSSR count). The Labute approximate surface area is 200 Å². The first-order valence-corrected chi connectivity index (χ1v) is 11.8. The van der Waals surface area contributed by atoms with Gasteiger partial charge in [-0.15, -0.1) is 15.3 Å². The molecule has 0 saturated carbocycles. The lowest BCUT2D eigenvalue weighted by Crippen LogP contribution is -2.23. The number of hydrogen-bond acceptors (Lipinski definition) is 7. The highest BCUT2D eigenvalue weighted by Crippen LogP contribution is 2.31. The molecule has 0 aliphatic heterocycles. The number of nitrogens with zero attached hydrogens (tertiary/aromatic N) is 6. The van der Waals surface area contributed by atoms with E-state index >= 15 is 0 Å². The minimum Gasteiger partial charge on any atom is -0.496 e. The second-order valence-electron chi connectivity index (χ2n) is 7.58. The molecule has 8 nitrogen and oxygen atoms in total. The van der Waals surface area contributed by atoms with Gasteiger partial charge in [0.25, 0.3) is 5.56 Å². The van der Waals surface area contributed by atoms with E-state index in [1.165, 1.54) is 22.0 Å². The Hall–Kier alpha value is -3.98. The number of ether oxygens (including phenoxy) is 1. The van der Waals surface area contributed by atoms with Gasteiger partial charge in [0.15, 0.2) is 11.0 Å². The maximum absolute atomic E-state index is 12.8. The van der Waals surface area contributed by atoms with Gasteiger partial charge in [-0.2, -0.15) is 4.68 Å². The summed E-state index contributed by atoms with van der Waals surface area (Å²) in [5, 5.41) is 18.4. The van der Waals surface area contributed by atoms with Crippen LogP contribution in [0.4, 0.5) is 0 Å². The van der Waals surface area contributed by atoms with Crippen molar-refractivity contribution in [3.05, 3.63) is 94.8 Å². The van der Waals surface area contributed by atoms with Crippen molar-refractivity contribution in [3.63, 3.8) is 0 Å². The molecular weight excluding hydrogens is 448 g/mol. The predicted molar refractivity (Wildman–Crippen MR) is 132 cm³/mol. The van der Waals surface area contributed by atoms with Gasteiger partial charge in [0.1, 0.15) is 11.3 Å². The molecule has 2 aromatic heterocycles. The Bertz CT molecular complexity index is 1480. The van der Waals surface area contributed by atoms with Gasteiger partial charge >= 0.3 is 0 Å². The zero-order chi connectivity index (χ0) is 23.3. The van der Waals surface area contributed by atoms with E-state index in [2.05, 4.69) is 37.2 Å². The van der Waals surface area contributed by atoms with Crippen LogP contribution in [-0.4, -0.2) is 36.9 Å². The third-order valence-electron chi connectivity index (χ3n) is 5.48. The first-order valence-electron chi connectivity index (χ1n) is 10.8. The van der Waals surface area contributed by atoms with E-state index in [9.17, 15) is 4.79 Å². The minimum atomic E-state index is -0.182. The molecule has 9 heteroatoms. The van der Waals surface area contributed by atoms with Crippen LogP contribution < -0.4 is 10.3 Å². The SMILES string of the molecule is COc1ccccc1-c1nnc(SCn2nnc3ccccc3c2=O)n1CCc1ccccc1. The zero-order valence-corrected chi connectivity index (χ0v) is 19.4. The molecule has 2 heterocycles. The molecule has 3 aromatic carbocycles. The largest absolute Gasteiger partial charge is 0.496 e. The summed E-state index contributed by atoms with van der Waals surface area (Å²) >= 11 is 1.40. The second-order valence-corrected chi connectivity index (χ2v) is 8.49. The molecule has 34 heavy (non-hydrogen) atoms. The Kier molecular flexibility index (Phi) is 6.35. The number of rotatable bonds is 8. The summed E-state index contributed by atoms with van der Waals surface area (Å²) in [6.45, 7) is 0.672. The highest BCUT2D eigenvalue weighted by atomic mass is 32.2. The van der Waals surface area contributed by atoms with Crippen molar-refractivity contribution in [2.45, 2.75) is 24.0 Å². The normalized spacial score (nSPS) is 11.1. The summed E-state index contributed by atoms with van der Waals surface area (Å²) in [4.78, 5) is 12.8. The fourth-order valence-corrected chi connectivity index (χ4v) is 4.58. The number of aryl methyl sites for hydroxylation is 1. The van der Waals surface area contributed by atoms with Crippen molar-refractivity contribution in [2.75, 3.05) is 7.11 Å². The third kappa shape index (κ3) is 4.42. The molecule has 0 bridgehead atoms. The summed E-state index contributed by atoms with van der Waals surface area (Å²) < 4.78 is 8.98. The van der Waals surface area contributed by atoms with Crippen LogP contribution in [0.5, 0.6) is 5.75 Å². The maximum atomic E-state index is 12.8. The van der Waals surface area contributed by atoms with Crippen molar-refractivity contribution < 1.29 is 4.74 Å². The van der Waals surface area contributed by atoms with Crippen molar-refractivity contribution >= 4 is 22.7 Å². The average Bonchev–Trinajstić information content (AvgIpc) is 3.30. The smallest absolute Gasteiger partial charge is 0.278 e. The van der Waals surface area contributed by atoms with Crippen molar-refractivity contribution in [2.24, 2.45) is 0 Å². The van der Waals surface area contributed by atoms with Crippen LogP contribution in [0.2, 0.25) is 0 Å². The minimum absolute atomic E-state index is 0.182. The molecule has 0 amide bonds. The molecule has 0 N–H and O–H groups in total. The Morgan fingerprint density at radius 3 is 2.50 bits per heavy atom. The number of para-hydroxylation sites is 1. The number of fused-ring (bicyclic) bond motifs is 1. The molecule has 0 fully saturated rings. The summed E-state index contributed by atoms with van der Waals surface area (Å²) in [6.07, 6.45) is 0.810. The van der Waals surface area contributed by atoms with Gasteiger partial charge in [0.2, 0.25) is 0 Å². The van der Waals surface area contributed by atoms with Gasteiger partial charge < -0.3 is 9.30 Å². The highest BCUT2D eigenvalue weighted by Gasteiger charge is 2.18. The quantitative estimate of drug-likeness (QED) is 0.316. The second kappa shape index (κ2) is 9.88. The summed E-state index contributed by atoms with van der Waals surface area (Å²) in [6, 6.07) is 25.2. The van der Waals surface area contributed by atoms with E-state index < -0.39 is 0 Å². The lowest BCUT2D eigenvalue weighted by atomic mass is 10.1. The fraction of sp³-hybridized carbons (Fsp3) is 0.160. The molecule has 0 aliphatic carbocycles. The average molecular weight is 471 g/mol. The number of thioether (sulfide) groups is 1. The third-order valence-corrected chi connectivity index (χ3v) is 6.41. The number of hydrogen-bond donors (Lipinski definition) is 0. The van der Waals surface area contributed by atoms with E-state index in [1.807, 2.05) is 54.6 Å². The van der Waals surface area contributed by atoms with Crippen LogP contribution in [0, 0.1) is 0 Å². The molecule has 5 aromatic rings. The van der Waals surface area contributed by atoms with Crippen LogP contribution in [0.3, 0.4) is 0 Å². The van der Waals surface area contributed by atoms with E-state index in [1.54, 1.807) is 19.2 Å². The van der Waals surface area contributed by atoms with E-state index in [-0.39, 0.29) is 11.4 Å². The van der Waals surface area contributed by atoms with E-state index in [0.29, 0.717) is 28.4 Å². The van der Waals surface area contributed by atoms with E-state index in [0.717, 1.165) is 17.7 Å². The van der Waals surface area contributed by atoms with Gasteiger partial charge in [-0.25, -0.2) is 0 Å². The highest BCUT2D eigenvalue weighted by molar-refractivity contribution is 7.98. The molecule has 0 aliphatic rings. The predicted octanol–water partition coefficient (Wildman–Crippen LogP) is 4.05. The molecule has 0 radical (unpaired) electrons. The number of aromatic nitrogens is 6. The van der Waals surface area contributed by atoms with Gasteiger partial charge in [-0.05, 0) is 36.2 Å². The first-order chi connectivity index (χ1) is 16.7. The van der Waals surface area contributed by atoms with Crippen LogP contribution in [0.25, 0.3) is 22.3 Å². The van der Waals surface area contributed by atoms with Crippen LogP contribution in [0.1, 0.15) is 5.56 Å². The van der Waals surface area contributed by atoms with Crippen molar-refractivity contribution in [1.82, 2.24) is 29.8 Å². The van der Waals surface area contributed by atoms with Gasteiger partial charge in [0, 0.05) is 6.54 Å². The van der Waals surface area contributed by atoms with Crippen LogP contribution in [-0.2, 0) is 18.8 Å². The van der Waals surface area contributed by atoms with Crippen molar-refractivity contribution in [3.8, 4) is 17.1 Å². The maximum Gasteiger partial charge on any atom is 0.278 e. The molecular formula is C25H22N6O2S. The van der Waals surface area contributed by atoms with Gasteiger partial charge in [-0.3, -0.25) is 4.79 Å². The van der Waals surface area contributed by atoms with Gasteiger partial charge in [0.05, 0.1) is 23.9 Å². The zero-order valence-electron chi connectivity index (χ0n) is 18.5. The number of benzene rings is 3. The van der Waals surface area contributed by atoms with E-state index in [4.69, 9.17) is 4.74 Å². The van der Waals surface area contributed by atoms with Crippen molar-refractivity contribution in [1.29, 1.82) is 0 Å². The molecule has 0 atom stereocenters. The monoisotopic (exact) mass is 470 g/mol. The van der Waals surface area contributed by atoms with Crippen LogP contribution in [0.15, 0.2) is 88.8 Å². The summed E-state index contributed by atoms with van der Waals surface area (Å²) in [5.74, 6) is 1.71. The lowest BCUT2D eigenvalue weighted by Gasteiger charge is -2.12. The lowest BCUT2D eigenvalue weighted by molar-refractivity contribution is 0.415. The standard InChI is InChI=1S/C25H22N6O2S/c1-33-22-14-8-6-12-20(22)23-27-28-25(30(23)16-15-18-9-3-2-4-10-18)34-17-31-24(32)19-11-5-7-13-21(19)26-29-31/h2-14H,15-17H2,1H3. The fourth-order valence-electron chi connectivity index (χ4n) is 3.74. The summed E-state index contributed by atoms with van der Waals surface area (Å²) in [5.41, 5.74) is 2.48. The Morgan fingerprint density at radius 1 is 0.882 bits per heavy atom. The topological polar surface area (TPSA) is 87.7 Å². The molecule has 0 unspecified atom stereocenters. The molecule has 0 spiro atoms. The van der Waals surface area contributed by atoms with Crippen LogP contribution >= 0.6 is 11.8 Å². The molecule has 0 saturated heterocycles. The Morgan fingerprint density at radius 2 is 1.65 bits per heavy atom.